The zero-order chi connectivity index (χ0) is 30.5. The van der Waals surface area contributed by atoms with Gasteiger partial charge in [-0.3, -0.25) is 9.59 Å². The molecular weight excluding hydrogens is 587 g/mol. The van der Waals surface area contributed by atoms with E-state index in [1.165, 1.54) is 6.07 Å². The molecule has 1 spiro atoms. The Hall–Kier alpha value is -2.69. The van der Waals surface area contributed by atoms with E-state index >= 15 is 4.39 Å². The van der Waals surface area contributed by atoms with Crippen LogP contribution >= 0.6 is 23.2 Å². The molecule has 1 saturated heterocycles. The quantitative estimate of drug-likeness (QED) is 0.318. The number of Topliss-reactive ketones (excluding diaryl/α,β-unsaturated/α-hetero) is 1. The summed E-state index contributed by atoms with van der Waals surface area (Å²) < 4.78 is 47.3. The summed E-state index contributed by atoms with van der Waals surface area (Å²) >= 11 is 12.5. The first kappa shape index (κ1) is 31.3. The van der Waals surface area contributed by atoms with Gasteiger partial charge in [-0.15, -0.1) is 0 Å². The van der Waals surface area contributed by atoms with E-state index in [2.05, 4.69) is 31.4 Å². The van der Waals surface area contributed by atoms with Crippen molar-refractivity contribution in [2.75, 3.05) is 5.32 Å². The third-order valence-electron chi connectivity index (χ3n) is 7.71. The van der Waals surface area contributed by atoms with Crippen LogP contribution in [0.3, 0.4) is 0 Å². The van der Waals surface area contributed by atoms with E-state index in [1.807, 2.05) is 6.07 Å². The molecule has 0 unspecified atom stereocenters. The summed E-state index contributed by atoms with van der Waals surface area (Å²) in [7, 11) is 0. The first-order valence-electron chi connectivity index (χ1n) is 13.1. The summed E-state index contributed by atoms with van der Waals surface area (Å²) in [6, 6.07) is 9.07. The summed E-state index contributed by atoms with van der Waals surface area (Å²) in [6.07, 6.45) is -1.96. The van der Waals surface area contributed by atoms with Gasteiger partial charge in [0.05, 0.1) is 11.1 Å². The molecule has 3 aliphatic rings. The summed E-state index contributed by atoms with van der Waals surface area (Å²) in [6.45, 7) is 6.31. The summed E-state index contributed by atoms with van der Waals surface area (Å²) in [4.78, 5) is 36.5. The number of fused-ring (bicyclic) bond motifs is 2. The molecule has 6 nitrogen and oxygen atoms in total. The number of carbonyl (C=O) groups is 3. The molecule has 41 heavy (non-hydrogen) atoms. The van der Waals surface area contributed by atoms with Crippen LogP contribution in [-0.4, -0.2) is 41.0 Å². The van der Waals surface area contributed by atoms with Gasteiger partial charge in [0, 0.05) is 29.1 Å². The number of carbonyl (C=O) groups excluding carboxylic acids is 2. The van der Waals surface area contributed by atoms with Crippen molar-refractivity contribution in [1.29, 1.82) is 0 Å². The second-order valence-corrected chi connectivity index (χ2v) is 12.9. The Balaban J connectivity index is 0.000000493. The largest absolute Gasteiger partial charge is 0.490 e. The van der Waals surface area contributed by atoms with Gasteiger partial charge in [-0.1, -0.05) is 62.2 Å². The molecule has 1 saturated carbocycles. The zero-order valence-corrected chi connectivity index (χ0v) is 24.1. The van der Waals surface area contributed by atoms with Crippen molar-refractivity contribution in [3.05, 3.63) is 63.4 Å². The van der Waals surface area contributed by atoms with Gasteiger partial charge in [0.2, 0.25) is 5.91 Å². The summed E-state index contributed by atoms with van der Waals surface area (Å²) in [5.74, 6) is -3.92. The molecular formula is C29H30Cl2F4N2O4. The van der Waals surface area contributed by atoms with Crippen molar-refractivity contribution in [2.45, 2.75) is 76.0 Å². The molecule has 2 fully saturated rings. The fourth-order valence-corrected chi connectivity index (χ4v) is 6.29. The summed E-state index contributed by atoms with van der Waals surface area (Å²) in [5.41, 5.74) is 0.327. The molecule has 12 heteroatoms. The number of amides is 1. The van der Waals surface area contributed by atoms with Crippen LogP contribution < -0.4 is 10.6 Å². The summed E-state index contributed by atoms with van der Waals surface area (Å²) in [5, 5.41) is 14.2. The fraction of sp³-hybridized carbons (Fsp3) is 0.483. The van der Waals surface area contributed by atoms with E-state index in [0.29, 0.717) is 35.0 Å². The molecule has 1 amide bonds. The highest BCUT2D eigenvalue weighted by atomic mass is 35.5. The molecule has 2 aromatic rings. The molecule has 4 atom stereocenters. The van der Waals surface area contributed by atoms with E-state index in [4.69, 9.17) is 33.1 Å². The van der Waals surface area contributed by atoms with E-state index in [1.54, 1.807) is 24.3 Å². The SMILES string of the molecule is CC(C)(C)C[C@H]1N[C@@H](C(=O)CC2CC2)[C@H](c2cccc(Cl)c2F)[C@@]12C(=O)Nc1cc(Cl)ccc12.O=C(O)C(F)(F)F. The number of rotatable bonds is 5. The zero-order valence-electron chi connectivity index (χ0n) is 22.5. The number of hydrogen-bond donors (Lipinski definition) is 3. The Morgan fingerprint density at radius 3 is 2.29 bits per heavy atom. The number of halogens is 6. The molecule has 0 radical (unpaired) electrons. The first-order chi connectivity index (χ1) is 19.0. The fourth-order valence-electron chi connectivity index (χ4n) is 5.94. The lowest BCUT2D eigenvalue weighted by Gasteiger charge is -2.37. The van der Waals surface area contributed by atoms with Crippen LogP contribution in [0.1, 0.15) is 63.5 Å². The van der Waals surface area contributed by atoms with Crippen LogP contribution in [0.25, 0.3) is 0 Å². The molecule has 3 N–H and O–H groups in total. The van der Waals surface area contributed by atoms with Gasteiger partial charge in [-0.2, -0.15) is 13.2 Å². The number of anilines is 1. The number of nitrogens with one attached hydrogen (secondary N) is 2. The normalized spacial score (nSPS) is 25.4. The van der Waals surface area contributed by atoms with E-state index in [0.717, 1.165) is 18.4 Å². The number of hydrogen-bond acceptors (Lipinski definition) is 4. The van der Waals surface area contributed by atoms with Gasteiger partial charge < -0.3 is 15.7 Å². The molecule has 2 heterocycles. The highest BCUT2D eigenvalue weighted by Gasteiger charge is 2.66. The number of ketones is 1. The van der Waals surface area contributed by atoms with Crippen LogP contribution in [0, 0.1) is 17.2 Å². The van der Waals surface area contributed by atoms with Crippen molar-refractivity contribution in [2.24, 2.45) is 11.3 Å². The predicted molar refractivity (Wildman–Crippen MR) is 147 cm³/mol. The molecule has 5 rings (SSSR count). The monoisotopic (exact) mass is 616 g/mol. The van der Waals surface area contributed by atoms with E-state index in [9.17, 15) is 22.8 Å². The van der Waals surface area contributed by atoms with Crippen molar-refractivity contribution in [1.82, 2.24) is 5.32 Å². The Morgan fingerprint density at radius 2 is 1.73 bits per heavy atom. The van der Waals surface area contributed by atoms with Crippen LogP contribution in [0.4, 0.5) is 23.2 Å². The third-order valence-corrected chi connectivity index (χ3v) is 8.24. The Bertz CT molecular complexity index is 1370. The lowest BCUT2D eigenvalue weighted by Crippen LogP contribution is -2.49. The molecule has 222 valence electrons. The molecule has 0 bridgehead atoms. The van der Waals surface area contributed by atoms with Gasteiger partial charge in [0.15, 0.2) is 5.78 Å². The topological polar surface area (TPSA) is 95.5 Å². The minimum Gasteiger partial charge on any atom is -0.475 e. The smallest absolute Gasteiger partial charge is 0.475 e. The second-order valence-electron chi connectivity index (χ2n) is 12.0. The number of carboxylic acid groups (broad SMARTS) is 1. The Labute approximate surface area is 244 Å². The van der Waals surface area contributed by atoms with Crippen molar-refractivity contribution in [3.63, 3.8) is 0 Å². The maximum Gasteiger partial charge on any atom is 0.490 e. The number of benzene rings is 2. The standard InChI is InChI=1S/C27H29Cl2FN2O2.C2HF3O2/c1-26(2,3)13-21-27(17-10-9-15(28)12-19(17)31-25(27)34)22(16-5-4-6-18(29)23(16)30)24(32-21)20(33)11-14-7-8-14;3-2(4,5)1(6)7/h4-6,9-10,12,14,21-22,24,32H,7-8,11,13H2,1-3H3,(H,31,34);(H,6,7)/t21-,22+,24+,27+;/m1./s1. The molecule has 1 aliphatic carbocycles. The lowest BCUT2D eigenvalue weighted by molar-refractivity contribution is -0.192. The second kappa shape index (κ2) is 11.2. The molecule has 2 aliphatic heterocycles. The van der Waals surface area contributed by atoms with Crippen molar-refractivity contribution < 1.29 is 37.1 Å². The third kappa shape index (κ3) is 6.24. The number of carboxylic acids is 1. The number of aliphatic carboxylic acids is 1. The van der Waals surface area contributed by atoms with Gasteiger partial charge in [0.25, 0.3) is 0 Å². The van der Waals surface area contributed by atoms with E-state index < -0.39 is 35.3 Å². The predicted octanol–water partition coefficient (Wildman–Crippen LogP) is 6.89. The van der Waals surface area contributed by atoms with Gasteiger partial charge in [-0.05, 0) is 59.9 Å². The van der Waals surface area contributed by atoms with E-state index in [-0.39, 0.29) is 28.2 Å². The highest BCUT2D eigenvalue weighted by molar-refractivity contribution is 6.31. The van der Waals surface area contributed by atoms with Crippen LogP contribution in [-0.2, 0) is 19.8 Å². The van der Waals surface area contributed by atoms with Crippen molar-refractivity contribution in [3.8, 4) is 0 Å². The lowest BCUT2D eigenvalue weighted by atomic mass is 9.62. The Morgan fingerprint density at radius 1 is 1.10 bits per heavy atom. The number of alkyl halides is 3. The van der Waals surface area contributed by atoms with Crippen molar-refractivity contribution >= 4 is 46.5 Å². The first-order valence-corrected chi connectivity index (χ1v) is 13.9. The Kier molecular flexibility index (Phi) is 8.53. The minimum absolute atomic E-state index is 0.0185. The minimum atomic E-state index is -5.08. The van der Waals surface area contributed by atoms with Crippen LogP contribution in [0.5, 0.6) is 0 Å². The molecule has 2 aromatic carbocycles. The van der Waals surface area contributed by atoms with Gasteiger partial charge in [0.1, 0.15) is 11.2 Å². The van der Waals surface area contributed by atoms with Crippen LogP contribution in [0.15, 0.2) is 36.4 Å². The van der Waals surface area contributed by atoms with Gasteiger partial charge >= 0.3 is 12.1 Å². The van der Waals surface area contributed by atoms with Crippen LogP contribution in [0.2, 0.25) is 10.0 Å². The molecule has 0 aromatic heterocycles. The maximum absolute atomic E-state index is 15.6. The maximum atomic E-state index is 15.6. The average molecular weight is 617 g/mol. The highest BCUT2D eigenvalue weighted by Crippen LogP contribution is 2.57. The van der Waals surface area contributed by atoms with Gasteiger partial charge in [-0.25, -0.2) is 9.18 Å². The average Bonchev–Trinajstić information content (AvgIpc) is 3.53.